The highest BCUT2D eigenvalue weighted by molar-refractivity contribution is 5.76. The summed E-state index contributed by atoms with van der Waals surface area (Å²) in [5, 5.41) is 8.88. The van der Waals surface area contributed by atoms with Gasteiger partial charge in [-0.2, -0.15) is 5.26 Å². The SMILES string of the molecule is CN1C(=O)CCCC(N)C1c1ccc(F)c(C#N)c1. The number of carbonyl (C=O) groups is 1. The largest absolute Gasteiger partial charge is 0.337 e. The minimum absolute atomic E-state index is 0.0187. The van der Waals surface area contributed by atoms with Gasteiger partial charge in [-0.15, -0.1) is 0 Å². The molecule has 1 aliphatic rings. The van der Waals surface area contributed by atoms with Gasteiger partial charge in [0, 0.05) is 19.5 Å². The Kier molecular flexibility index (Phi) is 3.82. The average molecular weight is 261 g/mol. The number of carbonyl (C=O) groups excluding carboxylic acids is 1. The molecule has 4 nitrogen and oxygen atoms in total. The van der Waals surface area contributed by atoms with Gasteiger partial charge in [0.2, 0.25) is 5.91 Å². The lowest BCUT2D eigenvalue weighted by Crippen LogP contribution is -2.39. The number of hydrogen-bond donors (Lipinski definition) is 1. The highest BCUT2D eigenvalue weighted by Gasteiger charge is 2.30. The number of likely N-dealkylation sites (N-methyl/N-ethyl adjacent to an activating group) is 1. The third kappa shape index (κ3) is 2.59. The van der Waals surface area contributed by atoms with E-state index in [-0.39, 0.29) is 23.6 Å². The Balaban J connectivity index is 2.42. The molecular formula is C14H16FN3O. The van der Waals surface area contributed by atoms with Gasteiger partial charge < -0.3 is 10.6 Å². The van der Waals surface area contributed by atoms with Crippen molar-refractivity contribution < 1.29 is 9.18 Å². The smallest absolute Gasteiger partial charge is 0.222 e. The van der Waals surface area contributed by atoms with Crippen LogP contribution in [0.5, 0.6) is 0 Å². The summed E-state index contributed by atoms with van der Waals surface area (Å²) in [6, 6.07) is 5.64. The van der Waals surface area contributed by atoms with E-state index in [4.69, 9.17) is 11.0 Å². The van der Waals surface area contributed by atoms with E-state index in [2.05, 4.69) is 0 Å². The second-order valence-electron chi connectivity index (χ2n) is 4.86. The average Bonchev–Trinajstić information content (AvgIpc) is 2.51. The predicted octanol–water partition coefficient (Wildman–Crippen LogP) is 1.71. The van der Waals surface area contributed by atoms with Crippen LogP contribution in [-0.4, -0.2) is 23.9 Å². The number of nitrogens with zero attached hydrogens (tertiary/aromatic N) is 2. The number of nitrogens with two attached hydrogens (primary N) is 1. The molecule has 2 rings (SSSR count). The van der Waals surface area contributed by atoms with Gasteiger partial charge in [0.15, 0.2) is 0 Å². The number of hydrogen-bond acceptors (Lipinski definition) is 3. The van der Waals surface area contributed by atoms with Crippen molar-refractivity contribution in [3.8, 4) is 6.07 Å². The molecule has 1 fully saturated rings. The van der Waals surface area contributed by atoms with Crippen LogP contribution in [0, 0.1) is 17.1 Å². The van der Waals surface area contributed by atoms with Gasteiger partial charge in [-0.1, -0.05) is 6.07 Å². The normalized spacial score (nSPS) is 23.9. The maximum Gasteiger partial charge on any atom is 0.222 e. The molecule has 1 heterocycles. The summed E-state index contributed by atoms with van der Waals surface area (Å²) in [6.07, 6.45) is 1.97. The minimum Gasteiger partial charge on any atom is -0.337 e. The molecule has 0 aliphatic carbocycles. The third-order valence-electron chi connectivity index (χ3n) is 3.60. The van der Waals surface area contributed by atoms with E-state index in [0.29, 0.717) is 12.0 Å². The van der Waals surface area contributed by atoms with Crippen molar-refractivity contribution in [2.24, 2.45) is 5.73 Å². The predicted molar refractivity (Wildman–Crippen MR) is 68.5 cm³/mol. The Bertz CT molecular complexity index is 538. The van der Waals surface area contributed by atoms with Crippen LogP contribution in [0.1, 0.15) is 36.4 Å². The maximum atomic E-state index is 13.4. The summed E-state index contributed by atoms with van der Waals surface area (Å²) >= 11 is 0. The second-order valence-corrected chi connectivity index (χ2v) is 4.86. The van der Waals surface area contributed by atoms with Crippen molar-refractivity contribution in [2.75, 3.05) is 7.05 Å². The van der Waals surface area contributed by atoms with Gasteiger partial charge in [0.1, 0.15) is 11.9 Å². The molecule has 1 aliphatic heterocycles. The van der Waals surface area contributed by atoms with Crippen LogP contribution in [0.25, 0.3) is 0 Å². The van der Waals surface area contributed by atoms with Crippen LogP contribution in [0.15, 0.2) is 18.2 Å². The zero-order valence-corrected chi connectivity index (χ0v) is 10.8. The molecule has 100 valence electrons. The first-order valence-electron chi connectivity index (χ1n) is 6.25. The number of rotatable bonds is 1. The van der Waals surface area contributed by atoms with Crippen molar-refractivity contribution in [2.45, 2.75) is 31.3 Å². The molecule has 1 amide bonds. The van der Waals surface area contributed by atoms with E-state index in [1.807, 2.05) is 6.07 Å². The van der Waals surface area contributed by atoms with E-state index < -0.39 is 5.82 Å². The summed E-state index contributed by atoms with van der Waals surface area (Å²) in [7, 11) is 1.70. The van der Waals surface area contributed by atoms with Gasteiger partial charge in [0.05, 0.1) is 11.6 Å². The molecule has 0 aromatic heterocycles. The molecule has 1 saturated heterocycles. The fourth-order valence-electron chi connectivity index (χ4n) is 2.55. The van der Waals surface area contributed by atoms with Crippen LogP contribution in [0.2, 0.25) is 0 Å². The molecule has 0 saturated carbocycles. The van der Waals surface area contributed by atoms with Crippen LogP contribution in [0.3, 0.4) is 0 Å². The Morgan fingerprint density at radius 1 is 1.53 bits per heavy atom. The van der Waals surface area contributed by atoms with Gasteiger partial charge in [-0.05, 0) is 30.5 Å². The van der Waals surface area contributed by atoms with Crippen molar-refractivity contribution >= 4 is 5.91 Å². The van der Waals surface area contributed by atoms with E-state index in [1.165, 1.54) is 12.1 Å². The number of amides is 1. The minimum atomic E-state index is -0.553. The molecule has 5 heteroatoms. The Labute approximate surface area is 111 Å². The summed E-state index contributed by atoms with van der Waals surface area (Å²) in [6.45, 7) is 0. The lowest BCUT2D eigenvalue weighted by molar-refractivity contribution is -0.131. The highest BCUT2D eigenvalue weighted by atomic mass is 19.1. The number of likely N-dealkylation sites (tertiary alicyclic amines) is 1. The summed E-state index contributed by atoms with van der Waals surface area (Å²) in [5.74, 6) is -0.525. The number of nitriles is 1. The fraction of sp³-hybridized carbons (Fsp3) is 0.429. The first-order valence-corrected chi connectivity index (χ1v) is 6.25. The molecule has 2 unspecified atom stereocenters. The van der Waals surface area contributed by atoms with Crippen molar-refractivity contribution in [3.05, 3.63) is 35.1 Å². The van der Waals surface area contributed by atoms with Crippen LogP contribution >= 0.6 is 0 Å². The molecular weight excluding hydrogens is 245 g/mol. The number of benzene rings is 1. The molecule has 1 aromatic rings. The molecule has 2 atom stereocenters. The monoisotopic (exact) mass is 261 g/mol. The molecule has 1 aromatic carbocycles. The molecule has 19 heavy (non-hydrogen) atoms. The third-order valence-corrected chi connectivity index (χ3v) is 3.60. The van der Waals surface area contributed by atoms with Gasteiger partial charge in [-0.3, -0.25) is 4.79 Å². The maximum absolute atomic E-state index is 13.4. The first-order chi connectivity index (χ1) is 9.04. The van der Waals surface area contributed by atoms with Crippen LogP contribution in [0.4, 0.5) is 4.39 Å². The van der Waals surface area contributed by atoms with Crippen LogP contribution in [-0.2, 0) is 4.79 Å². The molecule has 0 spiro atoms. The van der Waals surface area contributed by atoms with Crippen LogP contribution < -0.4 is 5.73 Å². The van der Waals surface area contributed by atoms with E-state index in [9.17, 15) is 9.18 Å². The van der Waals surface area contributed by atoms with E-state index in [1.54, 1.807) is 18.0 Å². The van der Waals surface area contributed by atoms with Crippen molar-refractivity contribution in [1.29, 1.82) is 5.26 Å². The summed E-state index contributed by atoms with van der Waals surface area (Å²) in [5.41, 5.74) is 6.82. The number of halogens is 1. The van der Waals surface area contributed by atoms with Crippen molar-refractivity contribution in [1.82, 2.24) is 4.90 Å². The van der Waals surface area contributed by atoms with E-state index in [0.717, 1.165) is 12.8 Å². The van der Waals surface area contributed by atoms with Gasteiger partial charge in [0.25, 0.3) is 0 Å². The zero-order chi connectivity index (χ0) is 14.0. The fourth-order valence-corrected chi connectivity index (χ4v) is 2.55. The molecule has 0 radical (unpaired) electrons. The van der Waals surface area contributed by atoms with Crippen molar-refractivity contribution in [3.63, 3.8) is 0 Å². The lowest BCUT2D eigenvalue weighted by Gasteiger charge is -2.30. The quantitative estimate of drug-likeness (QED) is 0.836. The molecule has 2 N–H and O–H groups in total. The lowest BCUT2D eigenvalue weighted by atomic mass is 9.95. The Morgan fingerprint density at radius 3 is 2.95 bits per heavy atom. The summed E-state index contributed by atoms with van der Waals surface area (Å²) in [4.78, 5) is 13.5. The topological polar surface area (TPSA) is 70.1 Å². The first kappa shape index (κ1) is 13.5. The standard InChI is InChI=1S/C14H16FN3O/c1-18-13(19)4-2-3-12(17)14(18)9-5-6-11(15)10(7-9)8-16/h5-7,12,14H,2-4,17H2,1H3. The van der Waals surface area contributed by atoms with E-state index >= 15 is 0 Å². The van der Waals surface area contributed by atoms with Gasteiger partial charge in [-0.25, -0.2) is 4.39 Å². The zero-order valence-electron chi connectivity index (χ0n) is 10.8. The Hall–Kier alpha value is -1.93. The highest BCUT2D eigenvalue weighted by Crippen LogP contribution is 2.29. The Morgan fingerprint density at radius 2 is 2.26 bits per heavy atom. The molecule has 0 bridgehead atoms. The van der Waals surface area contributed by atoms with Gasteiger partial charge >= 0.3 is 0 Å². The summed E-state index contributed by atoms with van der Waals surface area (Å²) < 4.78 is 13.4. The second kappa shape index (κ2) is 5.37.